The molecular weight excluding hydrogens is 503 g/mol. The predicted molar refractivity (Wildman–Crippen MR) is 157 cm³/mol. The Bertz CT molecular complexity index is 1350. The normalized spacial score (nSPS) is 12.8. The highest BCUT2D eigenvalue weighted by Gasteiger charge is 2.18. The van der Waals surface area contributed by atoms with Crippen LogP contribution in [0.2, 0.25) is 5.02 Å². The summed E-state index contributed by atoms with van der Waals surface area (Å²) in [5.74, 6) is 0.154. The van der Waals surface area contributed by atoms with Crippen molar-refractivity contribution in [3.8, 4) is 0 Å². The molecule has 0 fully saturated rings. The number of para-hydroxylation sites is 1. The van der Waals surface area contributed by atoms with E-state index in [0.29, 0.717) is 13.0 Å². The fraction of sp³-hybridized carbons (Fsp3) is 0.400. The Balaban J connectivity index is 0.00000320. The van der Waals surface area contributed by atoms with Crippen LogP contribution in [0.4, 0.5) is 5.69 Å². The van der Waals surface area contributed by atoms with Crippen LogP contribution in [0.5, 0.6) is 0 Å². The second kappa shape index (κ2) is 13.2. The molecule has 7 heteroatoms. The molecule has 5 rings (SSSR count). The summed E-state index contributed by atoms with van der Waals surface area (Å²) in [6, 6.07) is 14.3. The minimum Gasteiger partial charge on any atom is -0.384 e. The molecular formula is C30H36Cl2N4O. The minimum atomic E-state index is 0. The SMILES string of the molecule is Cl.O=C(CCCCCCNc1c2c(nc3cc(Cl)ccc13)CCCC2)NCCc1c[nH]c2ccccc12. The van der Waals surface area contributed by atoms with Gasteiger partial charge in [0.15, 0.2) is 0 Å². The summed E-state index contributed by atoms with van der Waals surface area (Å²) in [6.07, 6.45) is 12.3. The Morgan fingerprint density at radius 1 is 0.973 bits per heavy atom. The molecule has 4 aromatic rings. The maximum absolute atomic E-state index is 12.2. The van der Waals surface area contributed by atoms with Crippen molar-refractivity contribution in [1.82, 2.24) is 15.3 Å². The van der Waals surface area contributed by atoms with E-state index in [1.54, 1.807) is 0 Å². The average Bonchev–Trinajstić information content (AvgIpc) is 3.30. The van der Waals surface area contributed by atoms with Crippen molar-refractivity contribution in [2.75, 3.05) is 18.4 Å². The summed E-state index contributed by atoms with van der Waals surface area (Å²) >= 11 is 6.23. The zero-order valence-electron chi connectivity index (χ0n) is 21.2. The van der Waals surface area contributed by atoms with Gasteiger partial charge in [-0.25, -0.2) is 0 Å². The monoisotopic (exact) mass is 538 g/mol. The van der Waals surface area contributed by atoms with E-state index in [9.17, 15) is 4.79 Å². The van der Waals surface area contributed by atoms with Crippen molar-refractivity contribution in [1.29, 1.82) is 0 Å². The van der Waals surface area contributed by atoms with Gasteiger partial charge in [-0.15, -0.1) is 12.4 Å². The van der Waals surface area contributed by atoms with E-state index in [4.69, 9.17) is 16.6 Å². The van der Waals surface area contributed by atoms with Crippen molar-refractivity contribution < 1.29 is 4.79 Å². The number of amides is 1. The van der Waals surface area contributed by atoms with Gasteiger partial charge in [0.2, 0.25) is 5.91 Å². The van der Waals surface area contributed by atoms with Crippen molar-refractivity contribution >= 4 is 57.4 Å². The summed E-state index contributed by atoms with van der Waals surface area (Å²) in [6.45, 7) is 1.62. The van der Waals surface area contributed by atoms with E-state index >= 15 is 0 Å². The summed E-state index contributed by atoms with van der Waals surface area (Å²) in [4.78, 5) is 20.4. The summed E-state index contributed by atoms with van der Waals surface area (Å²) in [5, 5.41) is 9.95. The number of H-pyrrole nitrogens is 1. The largest absolute Gasteiger partial charge is 0.384 e. The van der Waals surface area contributed by atoms with Gasteiger partial charge >= 0.3 is 0 Å². The molecule has 1 aliphatic rings. The van der Waals surface area contributed by atoms with Gasteiger partial charge < -0.3 is 15.6 Å². The molecule has 0 saturated carbocycles. The van der Waals surface area contributed by atoms with Gasteiger partial charge in [-0.05, 0) is 80.3 Å². The van der Waals surface area contributed by atoms with Gasteiger partial charge in [0.1, 0.15) is 0 Å². The number of aryl methyl sites for hydroxylation is 1. The van der Waals surface area contributed by atoms with Crippen LogP contribution in [0.25, 0.3) is 21.8 Å². The third kappa shape index (κ3) is 6.77. The molecule has 0 saturated heterocycles. The molecule has 3 N–H and O–H groups in total. The minimum absolute atomic E-state index is 0. The maximum atomic E-state index is 12.2. The molecule has 2 heterocycles. The van der Waals surface area contributed by atoms with Crippen molar-refractivity contribution in [3.63, 3.8) is 0 Å². The fourth-order valence-electron chi connectivity index (χ4n) is 5.34. The van der Waals surface area contributed by atoms with Gasteiger partial charge in [-0.1, -0.05) is 42.6 Å². The van der Waals surface area contributed by atoms with Crippen LogP contribution in [-0.4, -0.2) is 29.0 Å². The predicted octanol–water partition coefficient (Wildman–Crippen LogP) is 7.39. The standard InChI is InChI=1S/C30H35ClN4O.ClH/c31-22-14-15-25-28(19-22)35-27-12-7-5-10-24(27)30(25)33-17-8-2-1-3-13-29(36)32-18-16-21-20-34-26-11-6-4-9-23(21)26;/h4,6,9,11,14-15,19-20,34H,1-3,5,7-8,10,12-13,16-18H2,(H,32,36)(H,33,35);1H. The number of hydrogen-bond acceptors (Lipinski definition) is 3. The molecule has 2 aromatic heterocycles. The van der Waals surface area contributed by atoms with Crippen molar-refractivity contribution in [2.45, 2.75) is 64.2 Å². The van der Waals surface area contributed by atoms with Crippen LogP contribution in [0.3, 0.4) is 0 Å². The third-order valence-electron chi connectivity index (χ3n) is 7.25. The summed E-state index contributed by atoms with van der Waals surface area (Å²) in [7, 11) is 0. The van der Waals surface area contributed by atoms with E-state index in [0.717, 1.165) is 67.5 Å². The van der Waals surface area contributed by atoms with Crippen LogP contribution in [-0.2, 0) is 24.1 Å². The lowest BCUT2D eigenvalue weighted by Crippen LogP contribution is -2.25. The quantitative estimate of drug-likeness (QED) is 0.174. The number of aromatic nitrogens is 2. The Hall–Kier alpha value is -2.76. The van der Waals surface area contributed by atoms with Crippen LogP contribution in [0.15, 0.2) is 48.7 Å². The number of fused-ring (bicyclic) bond motifs is 3. The van der Waals surface area contributed by atoms with Gasteiger partial charge in [0.05, 0.1) is 5.52 Å². The molecule has 0 aliphatic heterocycles. The number of carbonyl (C=O) groups is 1. The van der Waals surface area contributed by atoms with E-state index in [-0.39, 0.29) is 18.3 Å². The van der Waals surface area contributed by atoms with Gasteiger partial charge in [0, 0.05) is 58.4 Å². The molecule has 1 aliphatic carbocycles. The summed E-state index contributed by atoms with van der Waals surface area (Å²) in [5.41, 5.74) is 7.26. The zero-order valence-corrected chi connectivity index (χ0v) is 22.8. The Labute approximate surface area is 230 Å². The topological polar surface area (TPSA) is 69.8 Å². The first-order valence-corrected chi connectivity index (χ1v) is 13.7. The molecule has 196 valence electrons. The van der Waals surface area contributed by atoms with Crippen molar-refractivity contribution in [2.24, 2.45) is 0 Å². The third-order valence-corrected chi connectivity index (χ3v) is 7.48. The Morgan fingerprint density at radius 3 is 2.73 bits per heavy atom. The van der Waals surface area contributed by atoms with Crippen LogP contribution >= 0.6 is 24.0 Å². The second-order valence-corrected chi connectivity index (χ2v) is 10.3. The van der Waals surface area contributed by atoms with E-state index in [1.165, 1.54) is 46.1 Å². The van der Waals surface area contributed by atoms with Gasteiger partial charge in [0.25, 0.3) is 0 Å². The number of halogens is 2. The lowest BCUT2D eigenvalue weighted by molar-refractivity contribution is -0.121. The number of pyridine rings is 1. The van der Waals surface area contributed by atoms with E-state index in [1.807, 2.05) is 24.4 Å². The lowest BCUT2D eigenvalue weighted by atomic mass is 9.92. The molecule has 0 bridgehead atoms. The van der Waals surface area contributed by atoms with Gasteiger partial charge in [-0.3, -0.25) is 9.78 Å². The molecule has 0 radical (unpaired) electrons. The molecule has 1 amide bonds. The molecule has 2 aromatic carbocycles. The van der Waals surface area contributed by atoms with Crippen LogP contribution in [0, 0.1) is 0 Å². The number of aromatic amines is 1. The molecule has 37 heavy (non-hydrogen) atoms. The number of nitrogens with one attached hydrogen (secondary N) is 3. The smallest absolute Gasteiger partial charge is 0.220 e. The first-order chi connectivity index (χ1) is 17.7. The number of unbranched alkanes of at least 4 members (excludes halogenated alkanes) is 3. The first kappa shape index (κ1) is 27.3. The second-order valence-electron chi connectivity index (χ2n) is 9.83. The highest BCUT2D eigenvalue weighted by molar-refractivity contribution is 6.31. The molecule has 0 spiro atoms. The van der Waals surface area contributed by atoms with Crippen LogP contribution in [0.1, 0.15) is 61.8 Å². The number of benzene rings is 2. The highest BCUT2D eigenvalue weighted by atomic mass is 35.5. The van der Waals surface area contributed by atoms with E-state index in [2.05, 4.69) is 39.9 Å². The lowest BCUT2D eigenvalue weighted by Gasteiger charge is -2.22. The highest BCUT2D eigenvalue weighted by Crippen LogP contribution is 2.34. The first-order valence-electron chi connectivity index (χ1n) is 13.4. The fourth-order valence-corrected chi connectivity index (χ4v) is 5.51. The zero-order chi connectivity index (χ0) is 24.7. The number of rotatable bonds is 11. The Morgan fingerprint density at radius 2 is 1.81 bits per heavy atom. The van der Waals surface area contributed by atoms with E-state index < -0.39 is 0 Å². The number of nitrogens with zero attached hydrogens (tertiary/aromatic N) is 1. The number of anilines is 1. The molecule has 0 atom stereocenters. The average molecular weight is 540 g/mol. The molecule has 5 nitrogen and oxygen atoms in total. The van der Waals surface area contributed by atoms with Crippen molar-refractivity contribution in [3.05, 3.63) is 70.5 Å². The summed E-state index contributed by atoms with van der Waals surface area (Å²) < 4.78 is 0. The van der Waals surface area contributed by atoms with Crippen LogP contribution < -0.4 is 10.6 Å². The maximum Gasteiger partial charge on any atom is 0.220 e. The Kier molecular flexibility index (Phi) is 9.70. The number of carbonyl (C=O) groups excluding carboxylic acids is 1. The van der Waals surface area contributed by atoms with Gasteiger partial charge in [-0.2, -0.15) is 0 Å². The molecule has 0 unspecified atom stereocenters. The number of hydrogen-bond donors (Lipinski definition) is 3.